The first kappa shape index (κ1) is 16.4. The van der Waals surface area contributed by atoms with Crippen molar-refractivity contribution >= 4 is 18.5 Å². The van der Waals surface area contributed by atoms with E-state index in [9.17, 15) is 0 Å². The SMILES string of the molecule is CCCP.PCC(c1ccccc1)c1ccccc1. The molecule has 2 aromatic rings. The first-order valence-corrected chi connectivity index (χ1v) is 8.46. The Bertz CT molecular complexity index is 384. The van der Waals surface area contributed by atoms with E-state index in [1.165, 1.54) is 23.7 Å². The highest BCUT2D eigenvalue weighted by atomic mass is 31.0. The Morgan fingerprint density at radius 2 is 1.16 bits per heavy atom. The van der Waals surface area contributed by atoms with Gasteiger partial charge < -0.3 is 0 Å². The molecule has 2 heteroatoms. The third-order valence-corrected chi connectivity index (χ3v) is 3.98. The van der Waals surface area contributed by atoms with Crippen LogP contribution in [-0.4, -0.2) is 12.3 Å². The average Bonchev–Trinajstić information content (AvgIpc) is 2.50. The van der Waals surface area contributed by atoms with Crippen molar-refractivity contribution in [2.24, 2.45) is 0 Å². The summed E-state index contributed by atoms with van der Waals surface area (Å²) in [5.74, 6) is 0.498. The molecule has 0 radical (unpaired) electrons. The van der Waals surface area contributed by atoms with Crippen LogP contribution in [-0.2, 0) is 0 Å². The molecule has 0 nitrogen and oxygen atoms in total. The topological polar surface area (TPSA) is 0 Å². The summed E-state index contributed by atoms with van der Waals surface area (Å²) in [6.07, 6.45) is 3.58. The Morgan fingerprint density at radius 1 is 0.789 bits per heavy atom. The van der Waals surface area contributed by atoms with Crippen molar-refractivity contribution < 1.29 is 0 Å². The minimum absolute atomic E-state index is 0.498. The monoisotopic (exact) mass is 290 g/mol. The van der Waals surface area contributed by atoms with Crippen molar-refractivity contribution in [1.82, 2.24) is 0 Å². The Hall–Kier alpha value is -0.700. The molecular weight excluding hydrogens is 266 g/mol. The van der Waals surface area contributed by atoms with Gasteiger partial charge in [0, 0.05) is 5.92 Å². The van der Waals surface area contributed by atoms with Gasteiger partial charge in [-0.15, -0.1) is 18.5 Å². The molecule has 0 aliphatic heterocycles. The van der Waals surface area contributed by atoms with Crippen molar-refractivity contribution in [2.45, 2.75) is 19.3 Å². The predicted molar refractivity (Wildman–Crippen MR) is 94.2 cm³/mol. The lowest BCUT2D eigenvalue weighted by Gasteiger charge is -2.15. The van der Waals surface area contributed by atoms with Gasteiger partial charge in [-0.05, 0) is 23.5 Å². The van der Waals surface area contributed by atoms with Crippen LogP contribution in [0.5, 0.6) is 0 Å². The number of rotatable bonds is 4. The molecule has 0 saturated heterocycles. The molecular formula is C17H24P2. The molecule has 2 aromatic carbocycles. The zero-order valence-electron chi connectivity index (χ0n) is 11.6. The molecule has 0 heterocycles. The van der Waals surface area contributed by atoms with Gasteiger partial charge in [0.05, 0.1) is 0 Å². The van der Waals surface area contributed by atoms with Crippen molar-refractivity contribution in [3.05, 3.63) is 71.8 Å². The second kappa shape index (κ2) is 10.1. The Labute approximate surface area is 122 Å². The molecule has 0 aliphatic carbocycles. The largest absolute Gasteiger partial charge is 0.138 e. The first-order chi connectivity index (χ1) is 9.33. The van der Waals surface area contributed by atoms with Crippen LogP contribution in [0.3, 0.4) is 0 Å². The summed E-state index contributed by atoms with van der Waals surface area (Å²) in [5.41, 5.74) is 2.78. The van der Waals surface area contributed by atoms with Crippen LogP contribution in [0.4, 0.5) is 0 Å². The highest BCUT2D eigenvalue weighted by molar-refractivity contribution is 7.16. The lowest BCUT2D eigenvalue weighted by Crippen LogP contribution is -2.01. The van der Waals surface area contributed by atoms with Gasteiger partial charge in [0.1, 0.15) is 0 Å². The summed E-state index contributed by atoms with van der Waals surface area (Å²) < 4.78 is 0. The minimum Gasteiger partial charge on any atom is -0.138 e. The quantitative estimate of drug-likeness (QED) is 0.698. The second-order valence-electron chi connectivity index (χ2n) is 4.40. The summed E-state index contributed by atoms with van der Waals surface area (Å²) in [5, 5.41) is 0. The third-order valence-electron chi connectivity index (χ3n) is 2.93. The van der Waals surface area contributed by atoms with E-state index in [1.54, 1.807) is 0 Å². The molecule has 0 aromatic heterocycles. The highest BCUT2D eigenvalue weighted by Crippen LogP contribution is 2.25. The van der Waals surface area contributed by atoms with E-state index >= 15 is 0 Å². The van der Waals surface area contributed by atoms with Gasteiger partial charge in [-0.3, -0.25) is 0 Å². The maximum Gasteiger partial charge on any atom is 0.0124 e. The van der Waals surface area contributed by atoms with Crippen molar-refractivity contribution in [3.63, 3.8) is 0 Å². The van der Waals surface area contributed by atoms with Crippen LogP contribution in [0.15, 0.2) is 60.7 Å². The zero-order chi connectivity index (χ0) is 13.9. The van der Waals surface area contributed by atoms with E-state index in [4.69, 9.17) is 0 Å². The average molecular weight is 290 g/mol. The molecule has 0 saturated carbocycles. The molecule has 2 rings (SSSR count). The van der Waals surface area contributed by atoms with Crippen molar-refractivity contribution in [2.75, 3.05) is 12.3 Å². The van der Waals surface area contributed by atoms with Gasteiger partial charge in [-0.2, -0.15) is 0 Å². The van der Waals surface area contributed by atoms with Crippen LogP contribution >= 0.6 is 18.5 Å². The first-order valence-electron chi connectivity index (χ1n) is 6.83. The molecule has 19 heavy (non-hydrogen) atoms. The normalized spacial score (nSPS) is 9.89. The fourth-order valence-electron chi connectivity index (χ4n) is 1.84. The van der Waals surface area contributed by atoms with E-state index < -0.39 is 0 Å². The zero-order valence-corrected chi connectivity index (χ0v) is 13.9. The molecule has 102 valence electrons. The summed E-state index contributed by atoms with van der Waals surface area (Å²) in [4.78, 5) is 0. The summed E-state index contributed by atoms with van der Waals surface area (Å²) in [7, 11) is 5.50. The number of hydrogen-bond acceptors (Lipinski definition) is 0. The van der Waals surface area contributed by atoms with E-state index in [0.717, 1.165) is 6.16 Å². The van der Waals surface area contributed by atoms with E-state index in [-0.39, 0.29) is 0 Å². The van der Waals surface area contributed by atoms with Crippen LogP contribution in [0, 0.1) is 0 Å². The van der Waals surface area contributed by atoms with Crippen LogP contribution in [0.2, 0.25) is 0 Å². The standard InChI is InChI=1S/C14H15P.C3H9P/c15-11-14(12-7-3-1-4-8-12)13-9-5-2-6-10-13;1-2-3-4/h1-10,14H,11,15H2;2-4H2,1H3. The molecule has 2 unspecified atom stereocenters. The van der Waals surface area contributed by atoms with E-state index in [2.05, 4.69) is 86.1 Å². The molecule has 0 fully saturated rings. The summed E-state index contributed by atoms with van der Waals surface area (Å²) in [6.45, 7) is 2.16. The lowest BCUT2D eigenvalue weighted by molar-refractivity contribution is 0.937. The Balaban J connectivity index is 0.000000399. The molecule has 0 N–H and O–H groups in total. The Kier molecular flexibility index (Phi) is 8.72. The predicted octanol–water partition coefficient (Wildman–Crippen LogP) is 4.97. The number of hydrogen-bond donors (Lipinski definition) is 0. The fraction of sp³-hybridized carbons (Fsp3) is 0.294. The van der Waals surface area contributed by atoms with Crippen molar-refractivity contribution in [1.29, 1.82) is 0 Å². The van der Waals surface area contributed by atoms with Gasteiger partial charge in [-0.1, -0.05) is 74.0 Å². The van der Waals surface area contributed by atoms with Gasteiger partial charge in [0.25, 0.3) is 0 Å². The summed E-state index contributed by atoms with van der Waals surface area (Å²) >= 11 is 0. The van der Waals surface area contributed by atoms with Gasteiger partial charge in [0.15, 0.2) is 0 Å². The summed E-state index contributed by atoms with van der Waals surface area (Å²) in [6, 6.07) is 21.3. The molecule has 0 aliphatic rings. The third kappa shape index (κ3) is 5.85. The minimum atomic E-state index is 0.498. The molecule has 0 spiro atoms. The fourth-order valence-corrected chi connectivity index (χ4v) is 2.38. The second-order valence-corrected chi connectivity index (χ2v) is 5.45. The van der Waals surface area contributed by atoms with E-state index in [1.807, 2.05) is 0 Å². The Morgan fingerprint density at radius 3 is 1.42 bits per heavy atom. The number of benzene rings is 2. The van der Waals surface area contributed by atoms with Crippen LogP contribution in [0.25, 0.3) is 0 Å². The van der Waals surface area contributed by atoms with Crippen LogP contribution in [0.1, 0.15) is 30.4 Å². The molecule has 0 amide bonds. The van der Waals surface area contributed by atoms with Gasteiger partial charge >= 0.3 is 0 Å². The van der Waals surface area contributed by atoms with Gasteiger partial charge in [-0.25, -0.2) is 0 Å². The molecule has 2 atom stereocenters. The highest BCUT2D eigenvalue weighted by Gasteiger charge is 2.10. The van der Waals surface area contributed by atoms with Crippen molar-refractivity contribution in [3.8, 4) is 0 Å². The maximum atomic E-state index is 2.84. The van der Waals surface area contributed by atoms with Gasteiger partial charge in [0.2, 0.25) is 0 Å². The van der Waals surface area contributed by atoms with E-state index in [0.29, 0.717) is 5.92 Å². The molecule has 0 bridgehead atoms. The smallest absolute Gasteiger partial charge is 0.0124 e. The van der Waals surface area contributed by atoms with Crippen LogP contribution < -0.4 is 0 Å². The lowest BCUT2D eigenvalue weighted by atomic mass is 9.93. The maximum absolute atomic E-state index is 2.84.